The molecule has 0 aliphatic heterocycles. The number of aryl methyl sites for hydroxylation is 2. The molecule has 0 atom stereocenters. The summed E-state index contributed by atoms with van der Waals surface area (Å²) in [6, 6.07) is 18.2. The van der Waals surface area contributed by atoms with E-state index in [9.17, 15) is 4.79 Å². The van der Waals surface area contributed by atoms with Crippen LogP contribution in [0.1, 0.15) is 17.0 Å². The van der Waals surface area contributed by atoms with Gasteiger partial charge < -0.3 is 10.6 Å². The summed E-state index contributed by atoms with van der Waals surface area (Å²) in [7, 11) is 0. The van der Waals surface area contributed by atoms with Crippen LogP contribution in [-0.2, 0) is 11.2 Å². The first-order valence-corrected chi connectivity index (χ1v) is 10.2. The maximum Gasteiger partial charge on any atom is 0.220 e. The molecule has 0 fully saturated rings. The third-order valence-corrected chi connectivity index (χ3v) is 5.68. The third-order valence-electron chi connectivity index (χ3n) is 4.58. The number of rotatable bonds is 7. The highest BCUT2D eigenvalue weighted by Gasteiger charge is 2.07. The van der Waals surface area contributed by atoms with Crippen LogP contribution in [0, 0.1) is 6.92 Å². The van der Waals surface area contributed by atoms with E-state index in [1.54, 1.807) is 11.3 Å². The molecule has 2 heterocycles. The molecular weight excluding hydrogens is 368 g/mol. The van der Waals surface area contributed by atoms with E-state index in [4.69, 9.17) is 0 Å². The Kier molecular flexibility index (Phi) is 5.48. The molecule has 0 saturated carbocycles. The van der Waals surface area contributed by atoms with Crippen molar-refractivity contribution in [2.75, 3.05) is 18.4 Å². The Morgan fingerprint density at radius 3 is 2.64 bits per heavy atom. The molecule has 2 N–H and O–H groups in total. The van der Waals surface area contributed by atoms with Gasteiger partial charge in [0.25, 0.3) is 0 Å². The lowest BCUT2D eigenvalue weighted by Gasteiger charge is -2.09. The second kappa shape index (κ2) is 8.35. The summed E-state index contributed by atoms with van der Waals surface area (Å²) in [5.41, 5.74) is 3.17. The Bertz CT molecular complexity index is 1090. The SMILES string of the molecule is Cc1cc(NCCNC(=O)CCc2nc3ccccc3s2)nc2ccccc12. The van der Waals surface area contributed by atoms with Gasteiger partial charge in [0.1, 0.15) is 5.82 Å². The van der Waals surface area contributed by atoms with Crippen LogP contribution < -0.4 is 10.6 Å². The van der Waals surface area contributed by atoms with Crippen LogP contribution in [0.3, 0.4) is 0 Å². The van der Waals surface area contributed by atoms with E-state index in [0.717, 1.165) is 27.2 Å². The van der Waals surface area contributed by atoms with Crippen LogP contribution in [0.5, 0.6) is 0 Å². The predicted molar refractivity (Wildman–Crippen MR) is 116 cm³/mol. The van der Waals surface area contributed by atoms with Gasteiger partial charge >= 0.3 is 0 Å². The van der Waals surface area contributed by atoms with Gasteiger partial charge in [0.15, 0.2) is 0 Å². The lowest BCUT2D eigenvalue weighted by Crippen LogP contribution is -2.29. The van der Waals surface area contributed by atoms with Gasteiger partial charge in [-0.1, -0.05) is 30.3 Å². The smallest absolute Gasteiger partial charge is 0.220 e. The number of aromatic nitrogens is 2. The largest absolute Gasteiger partial charge is 0.368 e. The van der Waals surface area contributed by atoms with Crippen molar-refractivity contribution in [1.29, 1.82) is 0 Å². The molecule has 0 saturated heterocycles. The van der Waals surface area contributed by atoms with Crippen LogP contribution in [-0.4, -0.2) is 29.0 Å². The Morgan fingerprint density at radius 1 is 1.00 bits per heavy atom. The van der Waals surface area contributed by atoms with Gasteiger partial charge in [-0.3, -0.25) is 4.79 Å². The second-order valence-corrected chi connectivity index (χ2v) is 7.81. The molecule has 0 unspecified atom stereocenters. The Morgan fingerprint density at radius 2 is 1.79 bits per heavy atom. The van der Waals surface area contributed by atoms with Crippen LogP contribution >= 0.6 is 11.3 Å². The average Bonchev–Trinajstić information content (AvgIpc) is 3.13. The van der Waals surface area contributed by atoms with Crippen molar-refractivity contribution in [1.82, 2.24) is 15.3 Å². The zero-order chi connectivity index (χ0) is 19.3. The minimum atomic E-state index is 0.0451. The third kappa shape index (κ3) is 4.28. The summed E-state index contributed by atoms with van der Waals surface area (Å²) in [4.78, 5) is 21.3. The number of para-hydroxylation sites is 2. The quantitative estimate of drug-likeness (QED) is 0.461. The van der Waals surface area contributed by atoms with Crippen LogP contribution in [0.4, 0.5) is 5.82 Å². The van der Waals surface area contributed by atoms with Gasteiger partial charge in [-0.15, -0.1) is 11.3 Å². The van der Waals surface area contributed by atoms with Gasteiger partial charge in [0.05, 0.1) is 20.7 Å². The lowest BCUT2D eigenvalue weighted by molar-refractivity contribution is -0.120. The second-order valence-electron chi connectivity index (χ2n) is 6.69. The minimum absolute atomic E-state index is 0.0451. The molecule has 2 aromatic carbocycles. The number of hydrogen-bond acceptors (Lipinski definition) is 5. The summed E-state index contributed by atoms with van der Waals surface area (Å²) in [6.07, 6.45) is 1.12. The molecule has 0 spiro atoms. The van der Waals surface area contributed by atoms with Gasteiger partial charge in [-0.2, -0.15) is 0 Å². The van der Waals surface area contributed by atoms with Crippen molar-refractivity contribution in [3.63, 3.8) is 0 Å². The number of benzene rings is 2. The number of anilines is 1. The number of amides is 1. The zero-order valence-electron chi connectivity index (χ0n) is 15.7. The van der Waals surface area contributed by atoms with E-state index >= 15 is 0 Å². The predicted octanol–water partition coefficient (Wildman–Crippen LogP) is 4.31. The molecule has 4 rings (SSSR count). The highest BCUT2D eigenvalue weighted by atomic mass is 32.1. The topological polar surface area (TPSA) is 66.9 Å². The fourth-order valence-electron chi connectivity index (χ4n) is 3.17. The monoisotopic (exact) mass is 390 g/mol. The van der Waals surface area contributed by atoms with Crippen LogP contribution in [0.2, 0.25) is 0 Å². The number of carbonyl (C=O) groups is 1. The highest BCUT2D eigenvalue weighted by molar-refractivity contribution is 7.18. The van der Waals surface area contributed by atoms with Crippen molar-refractivity contribution in [3.8, 4) is 0 Å². The first-order valence-electron chi connectivity index (χ1n) is 9.40. The first kappa shape index (κ1) is 18.4. The molecule has 0 bridgehead atoms. The summed E-state index contributed by atoms with van der Waals surface area (Å²) < 4.78 is 1.17. The molecule has 6 heteroatoms. The van der Waals surface area contributed by atoms with Crippen molar-refractivity contribution >= 4 is 44.2 Å². The van der Waals surface area contributed by atoms with E-state index in [0.29, 0.717) is 25.9 Å². The fraction of sp³-hybridized carbons (Fsp3) is 0.227. The molecule has 0 aliphatic carbocycles. The van der Waals surface area contributed by atoms with E-state index in [1.807, 2.05) is 42.5 Å². The number of thiazole rings is 1. The summed E-state index contributed by atoms with van der Waals surface area (Å²) in [5, 5.41) is 8.41. The number of pyridine rings is 1. The average molecular weight is 391 g/mol. The summed E-state index contributed by atoms with van der Waals surface area (Å²) in [5.74, 6) is 0.878. The molecule has 28 heavy (non-hydrogen) atoms. The number of hydrogen-bond donors (Lipinski definition) is 2. The zero-order valence-corrected chi connectivity index (χ0v) is 16.6. The number of nitrogens with one attached hydrogen (secondary N) is 2. The molecule has 0 aliphatic rings. The van der Waals surface area contributed by atoms with Gasteiger partial charge in [-0.25, -0.2) is 9.97 Å². The molecule has 1 amide bonds. The standard InChI is InChI=1S/C22H22N4OS/c1-15-14-20(25-17-7-3-2-6-16(15)17)23-12-13-24-21(27)10-11-22-26-18-8-4-5-9-19(18)28-22/h2-9,14H,10-13H2,1H3,(H,23,25)(H,24,27). The molecule has 4 aromatic rings. The summed E-state index contributed by atoms with van der Waals surface area (Å²) in [6.45, 7) is 3.28. The molecular formula is C22H22N4OS. The van der Waals surface area contributed by atoms with Crippen LogP contribution in [0.15, 0.2) is 54.6 Å². The Balaban J connectivity index is 1.23. The Hall–Kier alpha value is -2.99. The molecule has 0 radical (unpaired) electrons. The van der Waals surface area contributed by atoms with E-state index in [2.05, 4.69) is 39.7 Å². The van der Waals surface area contributed by atoms with Crippen molar-refractivity contribution < 1.29 is 4.79 Å². The fourth-order valence-corrected chi connectivity index (χ4v) is 4.14. The maximum absolute atomic E-state index is 12.1. The number of carbonyl (C=O) groups excluding carboxylic acids is 1. The number of fused-ring (bicyclic) bond motifs is 2. The van der Waals surface area contributed by atoms with Crippen molar-refractivity contribution in [2.24, 2.45) is 0 Å². The van der Waals surface area contributed by atoms with Crippen molar-refractivity contribution in [2.45, 2.75) is 19.8 Å². The van der Waals surface area contributed by atoms with Crippen LogP contribution in [0.25, 0.3) is 21.1 Å². The number of nitrogens with zero attached hydrogens (tertiary/aromatic N) is 2. The molecule has 5 nitrogen and oxygen atoms in total. The van der Waals surface area contributed by atoms with Gasteiger partial charge in [0, 0.05) is 31.3 Å². The van der Waals surface area contributed by atoms with Gasteiger partial charge in [0.2, 0.25) is 5.91 Å². The van der Waals surface area contributed by atoms with E-state index in [-0.39, 0.29) is 5.91 Å². The first-order chi connectivity index (χ1) is 13.7. The van der Waals surface area contributed by atoms with E-state index < -0.39 is 0 Å². The summed E-state index contributed by atoms with van der Waals surface area (Å²) >= 11 is 1.66. The molecule has 142 valence electrons. The van der Waals surface area contributed by atoms with Gasteiger partial charge in [-0.05, 0) is 36.8 Å². The Labute approximate surface area is 167 Å². The van der Waals surface area contributed by atoms with E-state index in [1.165, 1.54) is 10.3 Å². The molecule has 2 aromatic heterocycles. The van der Waals surface area contributed by atoms with Crippen molar-refractivity contribution in [3.05, 3.63) is 65.2 Å². The lowest BCUT2D eigenvalue weighted by atomic mass is 10.1. The maximum atomic E-state index is 12.1. The highest BCUT2D eigenvalue weighted by Crippen LogP contribution is 2.22. The normalized spacial score (nSPS) is 11.0. The minimum Gasteiger partial charge on any atom is -0.368 e.